The lowest BCUT2D eigenvalue weighted by Gasteiger charge is -2.19. The Labute approximate surface area is 122 Å². The minimum absolute atomic E-state index is 0.834. The summed E-state index contributed by atoms with van der Waals surface area (Å²) in [4.78, 5) is 17.3. The fourth-order valence-electron chi connectivity index (χ4n) is 3.05. The molecule has 0 N–H and O–H groups in total. The van der Waals surface area contributed by atoms with Crippen LogP contribution >= 0.6 is 0 Å². The van der Waals surface area contributed by atoms with Crippen molar-refractivity contribution in [3.8, 4) is 11.3 Å². The fourth-order valence-corrected chi connectivity index (χ4v) is 3.05. The second kappa shape index (κ2) is 4.45. The average molecular weight is 277 g/mol. The highest BCUT2D eigenvalue weighted by molar-refractivity contribution is 5.79. The Morgan fingerprint density at radius 2 is 2.14 bits per heavy atom. The molecule has 0 bridgehead atoms. The van der Waals surface area contributed by atoms with E-state index >= 15 is 0 Å². The third-order valence-corrected chi connectivity index (χ3v) is 4.17. The monoisotopic (exact) mass is 277 g/mol. The number of carbonyl (C=O) groups excluding carboxylic acids is 1. The zero-order valence-electron chi connectivity index (χ0n) is 11.8. The van der Waals surface area contributed by atoms with Gasteiger partial charge in [0.05, 0.1) is 11.4 Å². The number of benzene rings is 1. The van der Waals surface area contributed by atoms with Crippen molar-refractivity contribution in [2.45, 2.75) is 12.8 Å². The molecule has 0 unspecified atom stereocenters. The summed E-state index contributed by atoms with van der Waals surface area (Å²) in [6, 6.07) is 12.2. The standard InChI is InChI=1S/C17H15N3O/c1-19(11-21)13-6-7-14-12(10-13)5-8-15-17(14)18-16-4-2-3-9-20(15)16/h2-4,6-7,9-11H,5,8H2,1H3. The maximum absolute atomic E-state index is 10.9. The van der Waals surface area contributed by atoms with E-state index in [9.17, 15) is 4.79 Å². The highest BCUT2D eigenvalue weighted by Gasteiger charge is 2.21. The van der Waals surface area contributed by atoms with Gasteiger partial charge in [-0.2, -0.15) is 0 Å². The molecule has 4 rings (SSSR count). The Hall–Kier alpha value is -2.62. The third kappa shape index (κ3) is 1.76. The zero-order chi connectivity index (χ0) is 14.4. The van der Waals surface area contributed by atoms with Crippen molar-refractivity contribution in [2.24, 2.45) is 0 Å². The predicted octanol–water partition coefficient (Wildman–Crippen LogP) is 2.69. The second-order valence-electron chi connectivity index (χ2n) is 5.39. The number of fused-ring (bicyclic) bond motifs is 5. The molecule has 1 amide bonds. The Morgan fingerprint density at radius 1 is 1.24 bits per heavy atom. The van der Waals surface area contributed by atoms with Crippen LogP contribution in [0.3, 0.4) is 0 Å². The molecule has 0 spiro atoms. The van der Waals surface area contributed by atoms with Crippen molar-refractivity contribution in [3.05, 3.63) is 53.9 Å². The highest BCUT2D eigenvalue weighted by Crippen LogP contribution is 2.35. The van der Waals surface area contributed by atoms with Crippen LogP contribution in [-0.2, 0) is 17.6 Å². The molecule has 0 saturated heterocycles. The van der Waals surface area contributed by atoms with Crippen LogP contribution in [0.4, 0.5) is 5.69 Å². The first-order chi connectivity index (χ1) is 10.3. The number of amides is 1. The molecule has 4 nitrogen and oxygen atoms in total. The van der Waals surface area contributed by atoms with Crippen molar-refractivity contribution in [1.82, 2.24) is 9.38 Å². The molecule has 4 heteroatoms. The number of pyridine rings is 1. The van der Waals surface area contributed by atoms with Crippen molar-refractivity contribution >= 4 is 17.7 Å². The molecule has 2 aromatic heterocycles. The Kier molecular flexibility index (Phi) is 2.57. The van der Waals surface area contributed by atoms with Gasteiger partial charge in [0.25, 0.3) is 0 Å². The van der Waals surface area contributed by atoms with E-state index in [1.54, 1.807) is 11.9 Å². The first kappa shape index (κ1) is 12.1. The summed E-state index contributed by atoms with van der Waals surface area (Å²) < 4.78 is 2.17. The molecule has 1 aliphatic carbocycles. The van der Waals surface area contributed by atoms with Crippen LogP contribution in [0.1, 0.15) is 11.3 Å². The van der Waals surface area contributed by atoms with Gasteiger partial charge in [-0.3, -0.25) is 4.79 Å². The van der Waals surface area contributed by atoms with Gasteiger partial charge < -0.3 is 9.30 Å². The maximum Gasteiger partial charge on any atom is 0.213 e. The van der Waals surface area contributed by atoms with Gasteiger partial charge in [0.1, 0.15) is 5.65 Å². The van der Waals surface area contributed by atoms with Crippen LogP contribution in [0.15, 0.2) is 42.6 Å². The molecule has 2 heterocycles. The Balaban J connectivity index is 1.91. The van der Waals surface area contributed by atoms with Gasteiger partial charge in [0, 0.05) is 24.5 Å². The second-order valence-corrected chi connectivity index (χ2v) is 5.39. The molecular formula is C17H15N3O. The minimum Gasteiger partial charge on any atom is -0.318 e. The molecule has 0 fully saturated rings. The van der Waals surface area contributed by atoms with Crippen LogP contribution < -0.4 is 4.90 Å². The Morgan fingerprint density at radius 3 is 3.00 bits per heavy atom. The minimum atomic E-state index is 0.834. The van der Waals surface area contributed by atoms with Crippen LogP contribution in [-0.4, -0.2) is 22.8 Å². The number of aryl methyl sites for hydroxylation is 2. The van der Waals surface area contributed by atoms with Crippen LogP contribution in [0.25, 0.3) is 16.9 Å². The molecular weight excluding hydrogens is 262 g/mol. The van der Waals surface area contributed by atoms with E-state index in [-0.39, 0.29) is 0 Å². The van der Waals surface area contributed by atoms with Gasteiger partial charge >= 0.3 is 0 Å². The molecule has 3 aromatic rings. The predicted molar refractivity (Wildman–Crippen MR) is 82.5 cm³/mol. The lowest BCUT2D eigenvalue weighted by Crippen LogP contribution is -2.14. The molecule has 0 aliphatic heterocycles. The smallest absolute Gasteiger partial charge is 0.213 e. The average Bonchev–Trinajstić information content (AvgIpc) is 2.92. The number of aromatic nitrogens is 2. The summed E-state index contributed by atoms with van der Waals surface area (Å²) in [7, 11) is 1.77. The van der Waals surface area contributed by atoms with Gasteiger partial charge in [0.2, 0.25) is 6.41 Å². The molecule has 1 aromatic carbocycles. The quantitative estimate of drug-likeness (QED) is 0.675. The number of carbonyl (C=O) groups is 1. The first-order valence-electron chi connectivity index (χ1n) is 7.05. The number of nitrogens with zero attached hydrogens (tertiary/aromatic N) is 3. The lowest BCUT2D eigenvalue weighted by atomic mass is 9.91. The van der Waals surface area contributed by atoms with Crippen molar-refractivity contribution in [2.75, 3.05) is 11.9 Å². The van der Waals surface area contributed by atoms with Gasteiger partial charge in [-0.05, 0) is 42.7 Å². The molecule has 104 valence electrons. The third-order valence-electron chi connectivity index (χ3n) is 4.17. The molecule has 21 heavy (non-hydrogen) atoms. The normalized spacial score (nSPS) is 12.8. The fraction of sp³-hybridized carbons (Fsp3) is 0.176. The topological polar surface area (TPSA) is 37.6 Å². The van der Waals surface area contributed by atoms with Gasteiger partial charge in [-0.15, -0.1) is 0 Å². The van der Waals surface area contributed by atoms with E-state index in [4.69, 9.17) is 4.98 Å². The summed E-state index contributed by atoms with van der Waals surface area (Å²) >= 11 is 0. The number of hydrogen-bond donors (Lipinski definition) is 0. The van der Waals surface area contributed by atoms with Crippen LogP contribution in [0.2, 0.25) is 0 Å². The van der Waals surface area contributed by atoms with E-state index in [1.165, 1.54) is 16.8 Å². The number of anilines is 1. The first-order valence-corrected chi connectivity index (χ1v) is 7.05. The summed E-state index contributed by atoms with van der Waals surface area (Å²) in [6.45, 7) is 0. The van der Waals surface area contributed by atoms with Crippen LogP contribution in [0, 0.1) is 0 Å². The largest absolute Gasteiger partial charge is 0.318 e. The number of imidazole rings is 1. The SMILES string of the molecule is CN(C=O)c1ccc2c(c1)CCc1c-2nc2ccccn12. The van der Waals surface area contributed by atoms with Crippen molar-refractivity contribution in [1.29, 1.82) is 0 Å². The van der Waals surface area contributed by atoms with Gasteiger partial charge in [-0.25, -0.2) is 4.98 Å². The van der Waals surface area contributed by atoms with E-state index in [2.05, 4.69) is 22.7 Å². The summed E-state index contributed by atoms with van der Waals surface area (Å²) in [6.07, 6.45) is 4.86. The lowest BCUT2D eigenvalue weighted by molar-refractivity contribution is -0.107. The highest BCUT2D eigenvalue weighted by atomic mass is 16.1. The van der Waals surface area contributed by atoms with Crippen LogP contribution in [0.5, 0.6) is 0 Å². The van der Waals surface area contributed by atoms with Gasteiger partial charge in [0.15, 0.2) is 0 Å². The van der Waals surface area contributed by atoms with E-state index in [0.29, 0.717) is 0 Å². The van der Waals surface area contributed by atoms with E-state index < -0.39 is 0 Å². The van der Waals surface area contributed by atoms with E-state index in [1.807, 2.05) is 24.3 Å². The summed E-state index contributed by atoms with van der Waals surface area (Å²) in [5, 5.41) is 0. The Bertz CT molecular complexity index is 850. The summed E-state index contributed by atoms with van der Waals surface area (Å²) in [5.41, 5.74) is 6.71. The molecule has 0 radical (unpaired) electrons. The van der Waals surface area contributed by atoms with Crippen molar-refractivity contribution in [3.63, 3.8) is 0 Å². The molecule has 1 aliphatic rings. The summed E-state index contributed by atoms with van der Waals surface area (Å²) in [5.74, 6) is 0. The van der Waals surface area contributed by atoms with Crippen molar-refractivity contribution < 1.29 is 4.79 Å². The maximum atomic E-state index is 10.9. The van der Waals surface area contributed by atoms with E-state index in [0.717, 1.165) is 36.3 Å². The molecule has 0 saturated carbocycles. The molecule has 0 atom stereocenters. The number of hydrogen-bond acceptors (Lipinski definition) is 2. The van der Waals surface area contributed by atoms with Gasteiger partial charge in [-0.1, -0.05) is 12.1 Å². The number of rotatable bonds is 2. The zero-order valence-corrected chi connectivity index (χ0v) is 11.8.